The van der Waals surface area contributed by atoms with Gasteiger partial charge in [-0.05, 0) is 37.5 Å². The molecule has 0 spiro atoms. The zero-order chi connectivity index (χ0) is 25.1. The predicted octanol–water partition coefficient (Wildman–Crippen LogP) is 8.80. The molecule has 0 aromatic carbocycles. The van der Waals surface area contributed by atoms with E-state index in [9.17, 15) is 9.59 Å². The SMILES string of the molecule is CC(C)CCCCCCCCOC(=O)C1(C(=O)OCCCCCCCCC(C)C)CCCCC1. The summed E-state index contributed by atoms with van der Waals surface area (Å²) < 4.78 is 11.2. The Morgan fingerprint density at radius 2 is 0.912 bits per heavy atom. The van der Waals surface area contributed by atoms with Crippen LogP contribution in [0.25, 0.3) is 0 Å². The first-order chi connectivity index (χ1) is 16.4. The fraction of sp³-hybridized carbons (Fsp3) is 0.933. The van der Waals surface area contributed by atoms with Gasteiger partial charge in [0.05, 0.1) is 13.2 Å². The molecule has 34 heavy (non-hydrogen) atoms. The molecule has 0 amide bonds. The van der Waals surface area contributed by atoms with E-state index in [0.717, 1.165) is 56.8 Å². The van der Waals surface area contributed by atoms with E-state index in [1.165, 1.54) is 64.2 Å². The minimum atomic E-state index is -1.05. The lowest BCUT2D eigenvalue weighted by molar-refractivity contribution is -0.175. The molecule has 0 aromatic heterocycles. The summed E-state index contributed by atoms with van der Waals surface area (Å²) in [4.78, 5) is 25.9. The third kappa shape index (κ3) is 13.7. The molecule has 1 saturated carbocycles. The molecule has 0 aliphatic heterocycles. The maximum atomic E-state index is 13.0. The van der Waals surface area contributed by atoms with Crippen LogP contribution in [0.2, 0.25) is 0 Å². The number of esters is 2. The van der Waals surface area contributed by atoms with Gasteiger partial charge in [-0.3, -0.25) is 9.59 Å². The van der Waals surface area contributed by atoms with Crippen molar-refractivity contribution in [2.75, 3.05) is 13.2 Å². The molecule has 0 unspecified atom stereocenters. The van der Waals surface area contributed by atoms with Gasteiger partial charge in [0, 0.05) is 0 Å². The van der Waals surface area contributed by atoms with E-state index >= 15 is 0 Å². The van der Waals surface area contributed by atoms with Crippen LogP contribution in [0.15, 0.2) is 0 Å². The van der Waals surface area contributed by atoms with Gasteiger partial charge in [-0.2, -0.15) is 0 Å². The number of carbonyl (C=O) groups excluding carboxylic acids is 2. The average Bonchev–Trinajstić information content (AvgIpc) is 2.81. The fourth-order valence-electron chi connectivity index (χ4n) is 4.98. The Bertz CT molecular complexity index is 480. The van der Waals surface area contributed by atoms with Crippen LogP contribution in [0.5, 0.6) is 0 Å². The second-order valence-electron chi connectivity index (χ2n) is 11.5. The Morgan fingerprint density at radius 1 is 0.559 bits per heavy atom. The van der Waals surface area contributed by atoms with Crippen LogP contribution in [0, 0.1) is 17.3 Å². The van der Waals surface area contributed by atoms with Crippen molar-refractivity contribution in [2.24, 2.45) is 17.3 Å². The summed E-state index contributed by atoms with van der Waals surface area (Å²) >= 11 is 0. The number of ether oxygens (including phenoxy) is 2. The maximum absolute atomic E-state index is 13.0. The summed E-state index contributed by atoms with van der Waals surface area (Å²) in [5, 5.41) is 0. The molecule has 0 heterocycles. The van der Waals surface area contributed by atoms with Crippen LogP contribution < -0.4 is 0 Å². The van der Waals surface area contributed by atoms with E-state index in [-0.39, 0.29) is 11.9 Å². The summed E-state index contributed by atoms with van der Waals surface area (Å²) in [6.07, 6.45) is 20.7. The van der Waals surface area contributed by atoms with Crippen LogP contribution in [0.1, 0.15) is 150 Å². The van der Waals surface area contributed by atoms with Crippen LogP contribution in [-0.4, -0.2) is 25.2 Å². The molecule has 4 heteroatoms. The first kappa shape index (κ1) is 31.0. The van der Waals surface area contributed by atoms with E-state index in [1.54, 1.807) is 0 Å². The summed E-state index contributed by atoms with van der Waals surface area (Å²) in [6, 6.07) is 0. The van der Waals surface area contributed by atoms with Gasteiger partial charge in [-0.1, -0.05) is 124 Å². The predicted molar refractivity (Wildman–Crippen MR) is 142 cm³/mol. The summed E-state index contributed by atoms with van der Waals surface area (Å²) in [7, 11) is 0. The number of hydrogen-bond donors (Lipinski definition) is 0. The molecule has 1 rings (SSSR count). The van der Waals surface area contributed by atoms with Crippen LogP contribution >= 0.6 is 0 Å². The lowest BCUT2D eigenvalue weighted by Crippen LogP contribution is -2.43. The number of carbonyl (C=O) groups is 2. The van der Waals surface area contributed by atoms with E-state index in [4.69, 9.17) is 9.47 Å². The normalized spacial score (nSPS) is 15.6. The first-order valence-corrected chi connectivity index (χ1v) is 14.7. The Hall–Kier alpha value is -1.06. The van der Waals surface area contributed by atoms with Crippen molar-refractivity contribution in [3.63, 3.8) is 0 Å². The quantitative estimate of drug-likeness (QED) is 0.0992. The monoisotopic (exact) mass is 480 g/mol. The minimum Gasteiger partial charge on any atom is -0.465 e. The lowest BCUT2D eigenvalue weighted by atomic mass is 9.74. The Balaban J connectivity index is 2.23. The molecule has 4 nitrogen and oxygen atoms in total. The van der Waals surface area contributed by atoms with Gasteiger partial charge in [0.15, 0.2) is 5.41 Å². The Morgan fingerprint density at radius 3 is 1.29 bits per heavy atom. The second-order valence-corrected chi connectivity index (χ2v) is 11.5. The van der Waals surface area contributed by atoms with E-state index in [2.05, 4.69) is 27.7 Å². The molecular weight excluding hydrogens is 424 g/mol. The number of rotatable bonds is 20. The molecule has 0 bridgehead atoms. The van der Waals surface area contributed by atoms with Gasteiger partial charge < -0.3 is 9.47 Å². The molecule has 200 valence electrons. The highest BCUT2D eigenvalue weighted by Crippen LogP contribution is 2.39. The van der Waals surface area contributed by atoms with Crippen molar-refractivity contribution < 1.29 is 19.1 Å². The highest BCUT2D eigenvalue weighted by Gasteiger charge is 2.49. The third-order valence-corrected chi connectivity index (χ3v) is 7.31. The molecule has 1 fully saturated rings. The standard InChI is InChI=1S/C30H56O4/c1-26(2)20-14-9-5-7-11-18-24-33-28(31)30(22-16-13-17-23-30)29(32)34-25-19-12-8-6-10-15-21-27(3)4/h26-27H,5-25H2,1-4H3. The number of hydrogen-bond acceptors (Lipinski definition) is 4. The second kappa shape index (κ2) is 19.2. The molecular formula is C30H56O4. The van der Waals surface area contributed by atoms with Crippen molar-refractivity contribution in [1.82, 2.24) is 0 Å². The van der Waals surface area contributed by atoms with Gasteiger partial charge in [-0.15, -0.1) is 0 Å². The highest BCUT2D eigenvalue weighted by molar-refractivity contribution is 6.00. The molecule has 0 aromatic rings. The van der Waals surface area contributed by atoms with Crippen molar-refractivity contribution in [3.05, 3.63) is 0 Å². The fourth-order valence-corrected chi connectivity index (χ4v) is 4.98. The van der Waals surface area contributed by atoms with Crippen molar-refractivity contribution in [2.45, 2.75) is 150 Å². The first-order valence-electron chi connectivity index (χ1n) is 14.7. The van der Waals surface area contributed by atoms with Gasteiger partial charge in [-0.25, -0.2) is 0 Å². The van der Waals surface area contributed by atoms with Crippen molar-refractivity contribution >= 4 is 11.9 Å². The zero-order valence-electron chi connectivity index (χ0n) is 23.1. The van der Waals surface area contributed by atoms with Crippen molar-refractivity contribution in [3.8, 4) is 0 Å². The molecule has 0 atom stereocenters. The third-order valence-electron chi connectivity index (χ3n) is 7.31. The molecule has 0 N–H and O–H groups in total. The van der Waals surface area contributed by atoms with Crippen LogP contribution in [0.3, 0.4) is 0 Å². The summed E-state index contributed by atoms with van der Waals surface area (Å²) in [5.41, 5.74) is -1.05. The van der Waals surface area contributed by atoms with Gasteiger partial charge >= 0.3 is 11.9 Å². The average molecular weight is 481 g/mol. The smallest absolute Gasteiger partial charge is 0.323 e. The van der Waals surface area contributed by atoms with Gasteiger partial charge in [0.1, 0.15) is 0 Å². The van der Waals surface area contributed by atoms with Gasteiger partial charge in [0.25, 0.3) is 0 Å². The topological polar surface area (TPSA) is 52.6 Å². The number of unbranched alkanes of at least 4 members (excludes halogenated alkanes) is 10. The zero-order valence-corrected chi connectivity index (χ0v) is 23.1. The molecule has 0 radical (unpaired) electrons. The molecule has 1 aliphatic rings. The van der Waals surface area contributed by atoms with E-state index in [0.29, 0.717) is 26.1 Å². The van der Waals surface area contributed by atoms with Crippen LogP contribution in [-0.2, 0) is 19.1 Å². The largest absolute Gasteiger partial charge is 0.465 e. The molecule has 0 saturated heterocycles. The Labute approximate surface area is 211 Å². The van der Waals surface area contributed by atoms with Crippen LogP contribution in [0.4, 0.5) is 0 Å². The molecule has 1 aliphatic carbocycles. The minimum absolute atomic E-state index is 0.334. The lowest BCUT2D eigenvalue weighted by Gasteiger charge is -2.32. The van der Waals surface area contributed by atoms with Crippen molar-refractivity contribution in [1.29, 1.82) is 0 Å². The Kier molecular flexibility index (Phi) is 17.5. The maximum Gasteiger partial charge on any atom is 0.323 e. The summed E-state index contributed by atoms with van der Waals surface area (Å²) in [5.74, 6) is 0.920. The van der Waals surface area contributed by atoms with Gasteiger partial charge in [0.2, 0.25) is 0 Å². The summed E-state index contributed by atoms with van der Waals surface area (Å²) in [6.45, 7) is 9.97. The van der Waals surface area contributed by atoms with E-state index < -0.39 is 5.41 Å². The van der Waals surface area contributed by atoms with E-state index in [1.807, 2.05) is 0 Å². The highest BCUT2D eigenvalue weighted by atomic mass is 16.6.